The van der Waals surface area contributed by atoms with Crippen LogP contribution in [0, 0.1) is 29.6 Å². The zero-order chi connectivity index (χ0) is 110. The van der Waals surface area contributed by atoms with Gasteiger partial charge in [-0.15, -0.1) is 0 Å². The molecule has 12 rings (SSSR count). The summed E-state index contributed by atoms with van der Waals surface area (Å²) >= 11 is 16.8. The van der Waals surface area contributed by atoms with Gasteiger partial charge in [-0.1, -0.05) is 258 Å². The Morgan fingerprint density at radius 1 is 0.367 bits per heavy atom. The van der Waals surface area contributed by atoms with Gasteiger partial charge in [0.25, 0.3) is 0 Å². The van der Waals surface area contributed by atoms with Gasteiger partial charge in [-0.05, 0) is 221 Å². The summed E-state index contributed by atoms with van der Waals surface area (Å²) in [5.41, 5.74) is 14.6. The van der Waals surface area contributed by atoms with Gasteiger partial charge < -0.3 is 38.5 Å². The van der Waals surface area contributed by atoms with Gasteiger partial charge in [-0.25, -0.2) is 45.6 Å². The van der Waals surface area contributed by atoms with Crippen LogP contribution in [-0.4, -0.2) is 191 Å². The maximum atomic E-state index is 12.1. The summed E-state index contributed by atoms with van der Waals surface area (Å²) in [5, 5.41) is 35.3. The number of sulfone groups is 2. The lowest BCUT2D eigenvalue weighted by molar-refractivity contribution is -0.153. The molecule has 0 saturated carbocycles. The predicted molar refractivity (Wildman–Crippen MR) is 588 cm³/mol. The lowest BCUT2D eigenvalue weighted by Gasteiger charge is -2.11. The lowest BCUT2D eigenvalue weighted by Crippen LogP contribution is -2.30. The Kier molecular flexibility index (Phi) is 56.6. The van der Waals surface area contributed by atoms with E-state index in [1.54, 1.807) is 132 Å². The molecule has 0 saturated heterocycles. The van der Waals surface area contributed by atoms with Crippen LogP contribution in [-0.2, 0) is 93.5 Å². The number of esters is 6. The van der Waals surface area contributed by atoms with Crippen LogP contribution in [0.4, 0.5) is 0 Å². The number of nitrogens with zero attached hydrogens (tertiary/aromatic N) is 8. The van der Waals surface area contributed by atoms with E-state index in [1.165, 1.54) is 37.4 Å². The van der Waals surface area contributed by atoms with Gasteiger partial charge in [0.15, 0.2) is 48.3 Å². The minimum absolute atomic E-state index is 0.0816. The number of benzene rings is 8. The van der Waals surface area contributed by atoms with E-state index in [1.807, 2.05) is 129 Å². The number of halogens is 5. The number of nitrogens with one attached hydrogen (secondary N) is 1. The first kappa shape index (κ1) is 128. The highest BCUT2D eigenvalue weighted by molar-refractivity contribution is 9.11. The first-order chi connectivity index (χ1) is 69.3. The van der Waals surface area contributed by atoms with Crippen molar-refractivity contribution in [3.05, 3.63) is 275 Å². The Morgan fingerprint density at radius 2 is 0.687 bits per heavy atom. The van der Waals surface area contributed by atoms with Crippen molar-refractivity contribution in [2.75, 3.05) is 58.7 Å². The fourth-order valence-corrected chi connectivity index (χ4v) is 15.2. The van der Waals surface area contributed by atoms with Gasteiger partial charge in [0, 0.05) is 91.2 Å². The third-order valence-corrected chi connectivity index (χ3v) is 24.2. The van der Waals surface area contributed by atoms with E-state index in [0.717, 1.165) is 110 Å². The molecule has 0 radical (unpaired) electrons. The average Bonchev–Trinajstić information content (AvgIpc) is 1.67. The van der Waals surface area contributed by atoms with Crippen molar-refractivity contribution >= 4 is 171 Å². The lowest BCUT2D eigenvalue weighted by atomic mass is 9.80. The Bertz CT molecular complexity index is 6380. The van der Waals surface area contributed by atoms with Crippen molar-refractivity contribution in [3.8, 4) is 56.2 Å². The molecule has 0 fully saturated rings. The van der Waals surface area contributed by atoms with Crippen molar-refractivity contribution in [3.63, 3.8) is 0 Å². The highest BCUT2D eigenvalue weighted by Gasteiger charge is 2.25. The SMILES string of the molecule is CC(=O)c1ccc(Br)cc1.CC(C)CNN.CCOC(=O)C(=O)CC(=O)c1ccc(Br)cc1.CCOC(=O)C(C)=O.CCOC(=O)c1cc(-c2ccc(-c3cccc(S(C)(=O)=O)c3)cc2)n(CC(C)C)n1.CCOC(=O)c1cc(-c2ccc(Br)cc2)n(CC(C)C)n1.CCOC(=O)c1cc(-c2ccc(Br)cc2)n(CC(C)C)n1.CCOC(=O)c1cc(-c2ccc(Br)cc2)nn1CC(C)C.CS(=O)(=O)c1cccc(B(O)O)c1. The standard InChI is InChI=1S/C23H26N2O4S.3C16H19BrN2O2.C12H11BrO4.C8H7BrO.C7H9BO4S.C5H8O3.C4H12N2/c1-5-29-23(26)21-14-22(25(24-21)15-16(2)3)18-11-9-17(10-12-18)19-7-6-8-20(13-19)30(4,27)28;2*1-4-21-16(20)14-9-15(19(18-14)10-11(2)3)12-5-7-13(17)8-6-12;1-4-21-16(20)15-9-14(18-19(15)10-11(2)3)12-5-7-13(17)8-6-12;1-2-17-12(16)11(15)7-10(14)8-3-5-9(13)6-4-8;1-6(10)7-2-4-8(9)5-3-7;1-13(11,12)7-4-2-3-6(5-7)8(9)10;1-3-8-5(7)4(2)6;1-4(2)3-6-5/h6-14,16H,5,15H2,1-4H3;3*5-9,11H,4,10H2,1-3H3;3-6H,2,7H2,1H3;2-5H,1H3;2-5,9-10H,1H3;3H2,1-2H3;4,6H,3,5H2,1-2H3. The molecule has 147 heavy (non-hydrogen) atoms. The van der Waals surface area contributed by atoms with E-state index >= 15 is 0 Å². The Hall–Kier alpha value is -11.7. The van der Waals surface area contributed by atoms with Crippen molar-refractivity contribution in [2.24, 2.45) is 35.4 Å². The number of rotatable bonds is 34. The van der Waals surface area contributed by atoms with Gasteiger partial charge in [0.1, 0.15) is 5.69 Å². The van der Waals surface area contributed by atoms with Crippen LogP contribution in [0.3, 0.4) is 0 Å². The maximum absolute atomic E-state index is 12.1. The number of carbonyl (C=O) groups excluding carboxylic acids is 10. The molecular weight excluding hydrogens is 2250 g/mol. The molecule has 12 aromatic rings. The van der Waals surface area contributed by atoms with Crippen molar-refractivity contribution in [2.45, 2.75) is 167 Å². The van der Waals surface area contributed by atoms with Gasteiger partial charge in [0.2, 0.25) is 11.6 Å². The Labute approximate surface area is 903 Å². The molecule has 0 spiro atoms. The van der Waals surface area contributed by atoms with Gasteiger partial charge >= 0.3 is 42.9 Å². The highest BCUT2D eigenvalue weighted by atomic mass is 79.9. The summed E-state index contributed by atoms with van der Waals surface area (Å²) in [6, 6.07) is 65.0. The molecule has 0 aliphatic rings. The number of hydrazine groups is 1. The predicted octanol–water partition coefficient (Wildman–Crippen LogP) is 20.7. The second-order valence-corrected chi connectivity index (χ2v) is 43.0. The van der Waals surface area contributed by atoms with Crippen LogP contribution in [0.15, 0.2) is 251 Å². The average molecular weight is 2380 g/mol. The zero-order valence-corrected chi connectivity index (χ0v) is 95.7. The summed E-state index contributed by atoms with van der Waals surface area (Å²) in [5.74, 6) is 2.39. The summed E-state index contributed by atoms with van der Waals surface area (Å²) in [7, 11) is -8.19. The number of ketones is 4. The van der Waals surface area contributed by atoms with Gasteiger partial charge in [-0.2, -0.15) is 20.4 Å². The van der Waals surface area contributed by atoms with E-state index in [9.17, 15) is 64.8 Å². The minimum Gasteiger partial charge on any atom is -0.461 e. The third-order valence-electron chi connectivity index (χ3n) is 19.3. The molecule has 4 aromatic heterocycles. The second kappa shape index (κ2) is 65.2. The molecule has 0 atom stereocenters. The molecule has 4 heterocycles. The quantitative estimate of drug-likeness (QED) is 0.00425. The Morgan fingerprint density at radius 3 is 1.01 bits per heavy atom. The molecule has 0 aliphatic carbocycles. The van der Waals surface area contributed by atoms with E-state index in [4.69, 9.17) is 34.8 Å². The molecule has 0 amide bonds. The molecule has 790 valence electrons. The number of carbonyl (C=O) groups is 10. The number of hydrogen-bond donors (Lipinski definition) is 4. The molecular formula is C107H130BBr5N10O22S2. The molecule has 8 aromatic carbocycles. The first-order valence-electron chi connectivity index (χ1n) is 47.0. The normalized spacial score (nSPS) is 10.7. The number of hydrogen-bond acceptors (Lipinski definition) is 28. The molecule has 0 aliphatic heterocycles. The topological polar surface area (TPSA) is 444 Å². The minimum atomic E-state index is -3.28. The smallest absolute Gasteiger partial charge is 0.461 e. The van der Waals surface area contributed by atoms with Crippen LogP contribution in [0.5, 0.6) is 0 Å². The van der Waals surface area contributed by atoms with E-state index < -0.39 is 68.5 Å². The monoisotopic (exact) mass is 2380 g/mol. The number of nitrogens with two attached hydrogens (primary N) is 1. The molecule has 0 unspecified atom stereocenters. The fraction of sp³-hybridized carbons (Fsp3) is 0.346. The number of ether oxygens (including phenoxy) is 6. The highest BCUT2D eigenvalue weighted by Crippen LogP contribution is 2.31. The van der Waals surface area contributed by atoms with Gasteiger partial charge in [-0.3, -0.25) is 49.2 Å². The zero-order valence-electron chi connectivity index (χ0n) is 86.2. The number of aromatic nitrogens is 8. The van der Waals surface area contributed by atoms with Crippen LogP contribution >= 0.6 is 79.6 Å². The third kappa shape index (κ3) is 46.3. The van der Waals surface area contributed by atoms with Crippen molar-refractivity contribution < 1.29 is 103 Å². The van der Waals surface area contributed by atoms with Crippen molar-refractivity contribution in [1.29, 1.82) is 0 Å². The summed E-state index contributed by atoms with van der Waals surface area (Å²) in [4.78, 5) is 113. The molecule has 32 nitrogen and oxygen atoms in total. The fourth-order valence-electron chi connectivity index (χ4n) is 12.6. The largest absolute Gasteiger partial charge is 0.488 e. The van der Waals surface area contributed by atoms with Crippen LogP contribution in [0.25, 0.3) is 56.2 Å². The second-order valence-electron chi connectivity index (χ2n) is 34.4. The van der Waals surface area contributed by atoms with Crippen LogP contribution < -0.4 is 16.7 Å². The summed E-state index contributed by atoms with van der Waals surface area (Å²) in [6.45, 7) is 39.7. The Balaban J connectivity index is 0.000000355. The van der Waals surface area contributed by atoms with E-state index in [-0.39, 0.29) is 57.9 Å². The van der Waals surface area contributed by atoms with Crippen LogP contribution in [0.1, 0.15) is 194 Å². The summed E-state index contributed by atoms with van der Waals surface area (Å²) in [6.07, 6.45) is 1.81. The number of Topliss-reactive ketones (excluding diaryl/α,β-unsaturated/α-hetero) is 4. The van der Waals surface area contributed by atoms with Crippen molar-refractivity contribution in [1.82, 2.24) is 44.5 Å². The molecule has 0 bridgehead atoms. The van der Waals surface area contributed by atoms with E-state index in [2.05, 4.69) is 184 Å². The first-order valence-corrected chi connectivity index (χ1v) is 54.8. The van der Waals surface area contributed by atoms with Gasteiger partial charge in [0.05, 0.1) is 78.6 Å². The maximum Gasteiger partial charge on any atom is 0.488 e. The summed E-state index contributed by atoms with van der Waals surface area (Å²) < 4.78 is 87.1. The van der Waals surface area contributed by atoms with E-state index in [0.29, 0.717) is 91.8 Å². The molecule has 5 N–H and O–H groups in total. The van der Waals surface area contributed by atoms with Crippen LogP contribution in [0.2, 0.25) is 0 Å². The molecule has 40 heteroatoms.